The quantitative estimate of drug-likeness (QED) is 0.889. The maximum atomic E-state index is 12.1. The molecule has 0 spiro atoms. The van der Waals surface area contributed by atoms with Gasteiger partial charge in [-0.25, -0.2) is 4.79 Å². The SMILES string of the molecule is Cc1cc(NC(=O)C2CCOCC2)cc(C(=O)O)c1C. The van der Waals surface area contributed by atoms with Crippen LogP contribution < -0.4 is 5.32 Å². The van der Waals surface area contributed by atoms with Crippen molar-refractivity contribution in [3.63, 3.8) is 0 Å². The van der Waals surface area contributed by atoms with Gasteiger partial charge in [0.25, 0.3) is 0 Å². The minimum absolute atomic E-state index is 0.0568. The van der Waals surface area contributed by atoms with E-state index in [1.165, 1.54) is 6.07 Å². The van der Waals surface area contributed by atoms with Gasteiger partial charge in [-0.1, -0.05) is 0 Å². The highest BCUT2D eigenvalue weighted by molar-refractivity contribution is 5.96. The lowest BCUT2D eigenvalue weighted by Crippen LogP contribution is -2.28. The number of amides is 1. The first-order valence-corrected chi connectivity index (χ1v) is 6.72. The van der Waals surface area contributed by atoms with Gasteiger partial charge in [0.15, 0.2) is 0 Å². The van der Waals surface area contributed by atoms with Crippen molar-refractivity contribution in [2.75, 3.05) is 18.5 Å². The van der Waals surface area contributed by atoms with Crippen LogP contribution in [-0.2, 0) is 9.53 Å². The standard InChI is InChI=1S/C15H19NO4/c1-9-7-12(8-13(10(9)2)15(18)19)16-14(17)11-3-5-20-6-4-11/h7-8,11H,3-6H2,1-2H3,(H,16,17)(H,18,19). The fourth-order valence-corrected chi connectivity index (χ4v) is 2.36. The van der Waals surface area contributed by atoms with Gasteiger partial charge in [-0.05, 0) is 49.9 Å². The second-order valence-electron chi connectivity index (χ2n) is 5.15. The summed E-state index contributed by atoms with van der Waals surface area (Å²) in [6.07, 6.45) is 1.42. The Morgan fingerprint density at radius 1 is 1.25 bits per heavy atom. The Hall–Kier alpha value is -1.88. The van der Waals surface area contributed by atoms with Crippen molar-refractivity contribution in [2.45, 2.75) is 26.7 Å². The molecule has 0 aromatic heterocycles. The maximum absolute atomic E-state index is 12.1. The molecule has 0 saturated carbocycles. The van der Waals surface area contributed by atoms with E-state index < -0.39 is 5.97 Å². The van der Waals surface area contributed by atoms with Gasteiger partial charge in [0.05, 0.1) is 5.56 Å². The van der Waals surface area contributed by atoms with Gasteiger partial charge in [-0.2, -0.15) is 0 Å². The summed E-state index contributed by atoms with van der Waals surface area (Å²) >= 11 is 0. The lowest BCUT2D eigenvalue weighted by Gasteiger charge is -2.21. The fraction of sp³-hybridized carbons (Fsp3) is 0.467. The van der Waals surface area contributed by atoms with E-state index in [0.717, 1.165) is 11.1 Å². The van der Waals surface area contributed by atoms with Gasteiger partial charge in [-0.15, -0.1) is 0 Å². The zero-order valence-corrected chi connectivity index (χ0v) is 11.7. The van der Waals surface area contributed by atoms with E-state index in [0.29, 0.717) is 31.7 Å². The number of rotatable bonds is 3. The van der Waals surface area contributed by atoms with Crippen LogP contribution in [0.4, 0.5) is 5.69 Å². The minimum atomic E-state index is -0.979. The highest BCUT2D eigenvalue weighted by Crippen LogP contribution is 2.22. The summed E-state index contributed by atoms with van der Waals surface area (Å²) in [5.41, 5.74) is 2.35. The number of anilines is 1. The molecule has 1 aromatic carbocycles. The lowest BCUT2D eigenvalue weighted by molar-refractivity contribution is -0.122. The fourth-order valence-electron chi connectivity index (χ4n) is 2.36. The van der Waals surface area contributed by atoms with Crippen LogP contribution in [0.25, 0.3) is 0 Å². The molecule has 2 N–H and O–H groups in total. The molecule has 1 heterocycles. The largest absolute Gasteiger partial charge is 0.478 e. The number of ether oxygens (including phenoxy) is 1. The summed E-state index contributed by atoms with van der Waals surface area (Å²) < 4.78 is 5.23. The van der Waals surface area contributed by atoms with Crippen LogP contribution in [0, 0.1) is 19.8 Å². The molecule has 0 atom stereocenters. The van der Waals surface area contributed by atoms with Crippen molar-refractivity contribution in [2.24, 2.45) is 5.92 Å². The van der Waals surface area contributed by atoms with Gasteiger partial charge in [0.2, 0.25) is 5.91 Å². The number of carbonyl (C=O) groups is 2. The van der Waals surface area contributed by atoms with Crippen LogP contribution in [0.1, 0.15) is 34.3 Å². The molecule has 2 rings (SSSR count). The second-order valence-corrected chi connectivity index (χ2v) is 5.15. The van der Waals surface area contributed by atoms with Crippen molar-refractivity contribution >= 4 is 17.6 Å². The van der Waals surface area contributed by atoms with Crippen molar-refractivity contribution in [3.8, 4) is 0 Å². The number of carbonyl (C=O) groups excluding carboxylic acids is 1. The Labute approximate surface area is 117 Å². The molecule has 1 amide bonds. The molecular weight excluding hydrogens is 258 g/mol. The number of hydrogen-bond acceptors (Lipinski definition) is 3. The maximum Gasteiger partial charge on any atom is 0.336 e. The molecular formula is C15H19NO4. The highest BCUT2D eigenvalue weighted by Gasteiger charge is 2.22. The first-order valence-electron chi connectivity index (χ1n) is 6.72. The number of aromatic carboxylic acids is 1. The Kier molecular flexibility index (Phi) is 4.39. The third-order valence-corrected chi connectivity index (χ3v) is 3.76. The van der Waals surface area contributed by atoms with Crippen molar-refractivity contribution in [1.29, 1.82) is 0 Å². The molecule has 1 saturated heterocycles. The molecule has 108 valence electrons. The van der Waals surface area contributed by atoms with Gasteiger partial charge in [0, 0.05) is 24.8 Å². The lowest BCUT2D eigenvalue weighted by atomic mass is 9.98. The van der Waals surface area contributed by atoms with E-state index in [1.54, 1.807) is 13.0 Å². The molecule has 0 unspecified atom stereocenters. The van der Waals surface area contributed by atoms with E-state index in [4.69, 9.17) is 9.84 Å². The number of carboxylic acid groups (broad SMARTS) is 1. The average Bonchev–Trinajstić information content (AvgIpc) is 2.43. The van der Waals surface area contributed by atoms with Crippen LogP contribution >= 0.6 is 0 Å². The van der Waals surface area contributed by atoms with E-state index >= 15 is 0 Å². The third kappa shape index (κ3) is 3.17. The van der Waals surface area contributed by atoms with E-state index in [2.05, 4.69) is 5.32 Å². The van der Waals surface area contributed by atoms with Gasteiger partial charge >= 0.3 is 5.97 Å². The smallest absolute Gasteiger partial charge is 0.336 e. The molecule has 1 aliphatic heterocycles. The zero-order chi connectivity index (χ0) is 14.7. The summed E-state index contributed by atoms with van der Waals surface area (Å²) in [5.74, 6) is -1.10. The number of hydrogen-bond donors (Lipinski definition) is 2. The number of aryl methyl sites for hydroxylation is 1. The second kappa shape index (κ2) is 6.05. The normalized spacial score (nSPS) is 15.9. The van der Waals surface area contributed by atoms with Crippen LogP contribution in [0.2, 0.25) is 0 Å². The molecule has 0 bridgehead atoms. The molecule has 0 aliphatic carbocycles. The molecule has 1 fully saturated rings. The molecule has 1 aromatic rings. The van der Waals surface area contributed by atoms with Crippen molar-refractivity contribution in [1.82, 2.24) is 0 Å². The van der Waals surface area contributed by atoms with Gasteiger partial charge in [-0.3, -0.25) is 4.79 Å². The first-order chi connectivity index (χ1) is 9.49. The van der Waals surface area contributed by atoms with Crippen LogP contribution in [0.3, 0.4) is 0 Å². The number of benzene rings is 1. The zero-order valence-electron chi connectivity index (χ0n) is 11.7. The summed E-state index contributed by atoms with van der Waals surface area (Å²) in [6, 6.07) is 3.32. The van der Waals surface area contributed by atoms with E-state index in [9.17, 15) is 9.59 Å². The minimum Gasteiger partial charge on any atom is -0.478 e. The highest BCUT2D eigenvalue weighted by atomic mass is 16.5. The Morgan fingerprint density at radius 2 is 1.90 bits per heavy atom. The monoisotopic (exact) mass is 277 g/mol. The third-order valence-electron chi connectivity index (χ3n) is 3.76. The summed E-state index contributed by atoms with van der Waals surface area (Å²) in [5, 5.41) is 12.0. The predicted octanol–water partition coefficient (Wildman–Crippen LogP) is 2.37. The van der Waals surface area contributed by atoms with Gasteiger partial charge in [0.1, 0.15) is 0 Å². The van der Waals surface area contributed by atoms with E-state index in [-0.39, 0.29) is 17.4 Å². The summed E-state index contributed by atoms with van der Waals surface area (Å²) in [4.78, 5) is 23.3. The molecule has 5 heteroatoms. The number of carboxylic acids is 1. The Balaban J connectivity index is 2.16. The molecule has 0 radical (unpaired) electrons. The molecule has 20 heavy (non-hydrogen) atoms. The van der Waals surface area contributed by atoms with Gasteiger partial charge < -0.3 is 15.2 Å². The molecule has 5 nitrogen and oxygen atoms in total. The average molecular weight is 277 g/mol. The van der Waals surface area contributed by atoms with Crippen LogP contribution in [0.15, 0.2) is 12.1 Å². The topological polar surface area (TPSA) is 75.6 Å². The Bertz CT molecular complexity index is 533. The summed E-state index contributed by atoms with van der Waals surface area (Å²) in [7, 11) is 0. The predicted molar refractivity (Wildman–Crippen MR) is 75.0 cm³/mol. The Morgan fingerprint density at radius 3 is 2.50 bits per heavy atom. The van der Waals surface area contributed by atoms with Crippen molar-refractivity contribution < 1.29 is 19.4 Å². The van der Waals surface area contributed by atoms with E-state index in [1.807, 2.05) is 6.92 Å². The van der Waals surface area contributed by atoms with Crippen molar-refractivity contribution in [3.05, 3.63) is 28.8 Å². The number of nitrogens with one attached hydrogen (secondary N) is 1. The molecule has 1 aliphatic rings. The summed E-state index contributed by atoms with van der Waals surface area (Å²) in [6.45, 7) is 4.81. The van der Waals surface area contributed by atoms with Crippen LogP contribution in [-0.4, -0.2) is 30.2 Å². The van der Waals surface area contributed by atoms with Crippen LogP contribution in [0.5, 0.6) is 0 Å². The first kappa shape index (κ1) is 14.5.